The molecule has 1 heterocycles. The van der Waals surface area contributed by atoms with Gasteiger partial charge in [0.15, 0.2) is 0 Å². The van der Waals surface area contributed by atoms with Crippen LogP contribution < -0.4 is 0 Å². The molecular weight excluding hydrogens is 182 g/mol. The third-order valence-electron chi connectivity index (χ3n) is 3.12. The van der Waals surface area contributed by atoms with Crippen LogP contribution in [-0.4, -0.2) is 4.57 Å². The van der Waals surface area contributed by atoms with Crippen LogP contribution >= 0.6 is 0 Å². The average Bonchev–Trinajstić information content (AvgIpc) is 2.62. The highest BCUT2D eigenvalue weighted by Crippen LogP contribution is 2.28. The fourth-order valence-electron chi connectivity index (χ4n) is 2.29. The van der Waals surface area contributed by atoms with Gasteiger partial charge in [-0.05, 0) is 35.4 Å². The SMILES string of the molecule is Cc1cc2c(ccn2C)c2ccccc12. The van der Waals surface area contributed by atoms with Crippen molar-refractivity contribution in [1.29, 1.82) is 0 Å². The second-order valence-corrected chi connectivity index (χ2v) is 4.10. The first-order valence-corrected chi connectivity index (χ1v) is 5.21. The summed E-state index contributed by atoms with van der Waals surface area (Å²) in [6.07, 6.45) is 2.12. The number of hydrogen-bond acceptors (Lipinski definition) is 0. The second-order valence-electron chi connectivity index (χ2n) is 4.10. The van der Waals surface area contributed by atoms with Crippen molar-refractivity contribution in [3.8, 4) is 0 Å². The first-order chi connectivity index (χ1) is 7.27. The maximum absolute atomic E-state index is 2.26. The Hall–Kier alpha value is -1.76. The van der Waals surface area contributed by atoms with Crippen LogP contribution in [0.25, 0.3) is 21.7 Å². The lowest BCUT2D eigenvalue weighted by atomic mass is 10.0. The van der Waals surface area contributed by atoms with E-state index in [4.69, 9.17) is 0 Å². The Morgan fingerprint density at radius 2 is 1.67 bits per heavy atom. The average molecular weight is 195 g/mol. The van der Waals surface area contributed by atoms with E-state index in [1.54, 1.807) is 0 Å². The molecule has 0 aliphatic heterocycles. The predicted molar refractivity (Wildman–Crippen MR) is 65.2 cm³/mol. The van der Waals surface area contributed by atoms with E-state index in [-0.39, 0.29) is 0 Å². The highest BCUT2D eigenvalue weighted by molar-refractivity contribution is 6.08. The maximum atomic E-state index is 2.26. The molecular formula is C14H13N. The lowest BCUT2D eigenvalue weighted by molar-refractivity contribution is 0.969. The highest BCUT2D eigenvalue weighted by atomic mass is 14.9. The topological polar surface area (TPSA) is 4.93 Å². The molecule has 0 spiro atoms. The molecule has 74 valence electrons. The van der Waals surface area contributed by atoms with Gasteiger partial charge in [-0.2, -0.15) is 0 Å². The maximum Gasteiger partial charge on any atom is 0.0486 e. The Labute approximate surface area is 88.9 Å². The first kappa shape index (κ1) is 8.54. The van der Waals surface area contributed by atoms with Crippen LogP contribution in [0.1, 0.15) is 5.56 Å². The molecule has 0 aliphatic carbocycles. The van der Waals surface area contributed by atoms with E-state index in [0.717, 1.165) is 0 Å². The van der Waals surface area contributed by atoms with E-state index in [0.29, 0.717) is 0 Å². The lowest BCUT2D eigenvalue weighted by Crippen LogP contribution is -1.86. The van der Waals surface area contributed by atoms with Crippen molar-refractivity contribution < 1.29 is 0 Å². The number of benzene rings is 2. The zero-order chi connectivity index (χ0) is 10.4. The Morgan fingerprint density at radius 1 is 0.933 bits per heavy atom. The minimum absolute atomic E-state index is 1.31. The van der Waals surface area contributed by atoms with Crippen molar-refractivity contribution in [3.63, 3.8) is 0 Å². The molecule has 15 heavy (non-hydrogen) atoms. The molecule has 2 aromatic carbocycles. The number of nitrogens with zero attached hydrogens (tertiary/aromatic N) is 1. The summed E-state index contributed by atoms with van der Waals surface area (Å²) < 4.78 is 2.18. The van der Waals surface area contributed by atoms with E-state index in [1.807, 2.05) is 0 Å². The molecule has 1 nitrogen and oxygen atoms in total. The zero-order valence-electron chi connectivity index (χ0n) is 8.99. The molecule has 0 aliphatic rings. The second kappa shape index (κ2) is 2.86. The van der Waals surface area contributed by atoms with E-state index < -0.39 is 0 Å². The zero-order valence-corrected chi connectivity index (χ0v) is 8.99. The van der Waals surface area contributed by atoms with Gasteiger partial charge < -0.3 is 4.57 Å². The van der Waals surface area contributed by atoms with Crippen LogP contribution in [-0.2, 0) is 7.05 Å². The van der Waals surface area contributed by atoms with Gasteiger partial charge in [0, 0.05) is 24.1 Å². The largest absolute Gasteiger partial charge is 0.351 e. The van der Waals surface area contributed by atoms with Gasteiger partial charge in [-0.15, -0.1) is 0 Å². The summed E-state index contributed by atoms with van der Waals surface area (Å²) in [6, 6.07) is 13.1. The van der Waals surface area contributed by atoms with E-state index in [1.165, 1.54) is 27.2 Å². The Balaban J connectivity index is 2.65. The highest BCUT2D eigenvalue weighted by Gasteiger charge is 2.04. The summed E-state index contributed by atoms with van der Waals surface area (Å²) in [5, 5.41) is 4.06. The third kappa shape index (κ3) is 1.09. The summed E-state index contributed by atoms with van der Waals surface area (Å²) in [6.45, 7) is 2.18. The van der Waals surface area contributed by atoms with Crippen molar-refractivity contribution >= 4 is 21.7 Å². The van der Waals surface area contributed by atoms with Gasteiger partial charge in [-0.1, -0.05) is 24.3 Å². The molecule has 1 heteroatoms. The monoisotopic (exact) mass is 195 g/mol. The molecule has 0 unspecified atom stereocenters. The Kier molecular flexibility index (Phi) is 1.63. The van der Waals surface area contributed by atoms with Gasteiger partial charge in [0.25, 0.3) is 0 Å². The molecule has 1 aromatic heterocycles. The molecule has 0 amide bonds. The van der Waals surface area contributed by atoms with Crippen molar-refractivity contribution in [2.24, 2.45) is 7.05 Å². The number of rotatable bonds is 0. The number of aromatic nitrogens is 1. The number of fused-ring (bicyclic) bond motifs is 3. The van der Waals surface area contributed by atoms with Gasteiger partial charge >= 0.3 is 0 Å². The van der Waals surface area contributed by atoms with Crippen LogP contribution in [0.4, 0.5) is 0 Å². The summed E-state index contributed by atoms with van der Waals surface area (Å²) in [5.41, 5.74) is 2.66. The van der Waals surface area contributed by atoms with Crippen molar-refractivity contribution in [1.82, 2.24) is 4.57 Å². The molecule has 0 saturated carbocycles. The minimum atomic E-state index is 1.31. The smallest absolute Gasteiger partial charge is 0.0486 e. The third-order valence-corrected chi connectivity index (χ3v) is 3.12. The summed E-state index contributed by atoms with van der Waals surface area (Å²) in [5.74, 6) is 0. The van der Waals surface area contributed by atoms with E-state index in [2.05, 4.69) is 61.1 Å². The van der Waals surface area contributed by atoms with Gasteiger partial charge in [-0.25, -0.2) is 0 Å². The van der Waals surface area contributed by atoms with E-state index in [9.17, 15) is 0 Å². The van der Waals surface area contributed by atoms with Gasteiger partial charge in [0.2, 0.25) is 0 Å². The quantitative estimate of drug-likeness (QED) is 0.516. The molecule has 0 fully saturated rings. The molecule has 0 atom stereocenters. The summed E-state index contributed by atoms with van der Waals surface area (Å²) in [4.78, 5) is 0. The molecule has 0 N–H and O–H groups in total. The first-order valence-electron chi connectivity index (χ1n) is 5.21. The predicted octanol–water partition coefficient (Wildman–Crippen LogP) is 3.64. The van der Waals surface area contributed by atoms with Crippen molar-refractivity contribution in [2.45, 2.75) is 6.92 Å². The minimum Gasteiger partial charge on any atom is -0.351 e. The standard InChI is InChI=1S/C14H13N/c1-10-9-14-13(7-8-15(14)2)12-6-4-3-5-11(10)12/h3-9H,1-2H3. The lowest BCUT2D eigenvalue weighted by Gasteiger charge is -2.05. The Morgan fingerprint density at radius 3 is 2.47 bits per heavy atom. The summed E-state index contributed by atoms with van der Waals surface area (Å²) in [7, 11) is 2.09. The number of aryl methyl sites for hydroxylation is 2. The van der Waals surface area contributed by atoms with Crippen LogP contribution in [0.3, 0.4) is 0 Å². The molecule has 0 bridgehead atoms. The Bertz CT molecular complexity index is 647. The van der Waals surface area contributed by atoms with Crippen LogP contribution in [0.5, 0.6) is 0 Å². The molecule has 0 radical (unpaired) electrons. The van der Waals surface area contributed by atoms with Crippen molar-refractivity contribution in [3.05, 3.63) is 48.2 Å². The number of hydrogen-bond donors (Lipinski definition) is 0. The normalized spacial score (nSPS) is 11.3. The van der Waals surface area contributed by atoms with Crippen LogP contribution in [0.2, 0.25) is 0 Å². The fraction of sp³-hybridized carbons (Fsp3) is 0.143. The molecule has 3 aromatic rings. The fourth-order valence-corrected chi connectivity index (χ4v) is 2.29. The van der Waals surface area contributed by atoms with Crippen LogP contribution in [0.15, 0.2) is 42.6 Å². The van der Waals surface area contributed by atoms with Gasteiger partial charge in [0.1, 0.15) is 0 Å². The van der Waals surface area contributed by atoms with Crippen LogP contribution in [0, 0.1) is 6.92 Å². The van der Waals surface area contributed by atoms with Crippen molar-refractivity contribution in [2.75, 3.05) is 0 Å². The summed E-state index contributed by atoms with van der Waals surface area (Å²) >= 11 is 0. The molecule has 3 rings (SSSR count). The van der Waals surface area contributed by atoms with Gasteiger partial charge in [-0.3, -0.25) is 0 Å². The van der Waals surface area contributed by atoms with E-state index >= 15 is 0 Å². The molecule has 0 saturated heterocycles. The van der Waals surface area contributed by atoms with Gasteiger partial charge in [0.05, 0.1) is 0 Å².